The Kier molecular flexibility index (Phi) is 4.63. The summed E-state index contributed by atoms with van der Waals surface area (Å²) in [5.41, 5.74) is 0.665. The van der Waals surface area contributed by atoms with Crippen molar-refractivity contribution in [3.63, 3.8) is 0 Å². The zero-order valence-electron chi connectivity index (χ0n) is 11.1. The molecular formula is C14H20N2O3. The SMILES string of the molecule is CCOc1ccccc1NC(=O)N1CCC[C@@H]1CO. The lowest BCUT2D eigenvalue weighted by Crippen LogP contribution is -2.40. The molecule has 0 radical (unpaired) electrons. The molecule has 0 saturated carbocycles. The first-order valence-electron chi connectivity index (χ1n) is 6.66. The number of hydrogen-bond donors (Lipinski definition) is 2. The summed E-state index contributed by atoms with van der Waals surface area (Å²) in [5.74, 6) is 0.665. The van der Waals surface area contributed by atoms with Gasteiger partial charge in [0, 0.05) is 6.54 Å². The molecule has 0 aliphatic carbocycles. The summed E-state index contributed by atoms with van der Waals surface area (Å²) >= 11 is 0. The van der Waals surface area contributed by atoms with Gasteiger partial charge in [-0.3, -0.25) is 0 Å². The largest absolute Gasteiger partial charge is 0.492 e. The zero-order chi connectivity index (χ0) is 13.7. The van der Waals surface area contributed by atoms with Crippen molar-refractivity contribution in [2.45, 2.75) is 25.8 Å². The van der Waals surface area contributed by atoms with E-state index >= 15 is 0 Å². The molecule has 1 aromatic carbocycles. The van der Waals surface area contributed by atoms with Crippen LogP contribution in [0, 0.1) is 0 Å². The van der Waals surface area contributed by atoms with Crippen molar-refractivity contribution in [1.29, 1.82) is 0 Å². The molecule has 1 atom stereocenters. The highest BCUT2D eigenvalue weighted by atomic mass is 16.5. The van der Waals surface area contributed by atoms with Gasteiger partial charge in [0.1, 0.15) is 5.75 Å². The third kappa shape index (κ3) is 3.17. The average Bonchev–Trinajstić information content (AvgIpc) is 2.89. The van der Waals surface area contributed by atoms with Crippen LogP contribution in [0.4, 0.5) is 10.5 Å². The van der Waals surface area contributed by atoms with E-state index in [0.717, 1.165) is 12.8 Å². The van der Waals surface area contributed by atoms with Gasteiger partial charge in [-0.25, -0.2) is 4.79 Å². The molecule has 2 rings (SSSR count). The van der Waals surface area contributed by atoms with Crippen LogP contribution in [0.3, 0.4) is 0 Å². The molecule has 0 spiro atoms. The van der Waals surface area contributed by atoms with Crippen molar-refractivity contribution in [2.75, 3.05) is 25.1 Å². The number of aliphatic hydroxyl groups excluding tert-OH is 1. The van der Waals surface area contributed by atoms with Gasteiger partial charge in [-0.05, 0) is 31.9 Å². The van der Waals surface area contributed by atoms with Crippen molar-refractivity contribution in [3.05, 3.63) is 24.3 Å². The molecule has 1 fully saturated rings. The molecule has 0 bridgehead atoms. The van der Waals surface area contributed by atoms with E-state index < -0.39 is 0 Å². The van der Waals surface area contributed by atoms with Gasteiger partial charge in [-0.15, -0.1) is 0 Å². The fraction of sp³-hybridized carbons (Fsp3) is 0.500. The molecule has 0 unspecified atom stereocenters. The number of para-hydroxylation sites is 2. The van der Waals surface area contributed by atoms with Gasteiger partial charge in [0.25, 0.3) is 0 Å². The number of hydrogen-bond acceptors (Lipinski definition) is 3. The van der Waals surface area contributed by atoms with E-state index in [4.69, 9.17) is 4.74 Å². The fourth-order valence-corrected chi connectivity index (χ4v) is 2.33. The first kappa shape index (κ1) is 13.7. The van der Waals surface area contributed by atoms with Crippen LogP contribution < -0.4 is 10.1 Å². The second-order valence-corrected chi connectivity index (χ2v) is 4.53. The summed E-state index contributed by atoms with van der Waals surface area (Å²) in [5, 5.41) is 12.1. The highest BCUT2D eigenvalue weighted by molar-refractivity contribution is 5.91. The second-order valence-electron chi connectivity index (χ2n) is 4.53. The van der Waals surface area contributed by atoms with Crippen LogP contribution in [0.1, 0.15) is 19.8 Å². The van der Waals surface area contributed by atoms with E-state index in [1.807, 2.05) is 31.2 Å². The highest BCUT2D eigenvalue weighted by Crippen LogP contribution is 2.25. The van der Waals surface area contributed by atoms with Crippen LogP contribution in [0.25, 0.3) is 0 Å². The predicted molar refractivity (Wildman–Crippen MR) is 73.4 cm³/mol. The van der Waals surface area contributed by atoms with E-state index in [1.54, 1.807) is 4.90 Å². The number of nitrogens with zero attached hydrogens (tertiary/aromatic N) is 1. The van der Waals surface area contributed by atoms with Gasteiger partial charge >= 0.3 is 6.03 Å². The lowest BCUT2D eigenvalue weighted by atomic mass is 10.2. The van der Waals surface area contributed by atoms with Crippen LogP contribution in [0.5, 0.6) is 5.75 Å². The van der Waals surface area contributed by atoms with Crippen molar-refractivity contribution >= 4 is 11.7 Å². The Hall–Kier alpha value is -1.75. The maximum atomic E-state index is 12.2. The number of likely N-dealkylation sites (tertiary alicyclic amines) is 1. The minimum Gasteiger partial charge on any atom is -0.492 e. The molecule has 0 aromatic heterocycles. The van der Waals surface area contributed by atoms with Crippen LogP contribution in [0.2, 0.25) is 0 Å². The lowest BCUT2D eigenvalue weighted by Gasteiger charge is -2.23. The first-order chi connectivity index (χ1) is 9.26. The number of aliphatic hydroxyl groups is 1. The van der Waals surface area contributed by atoms with Crippen molar-refractivity contribution in [1.82, 2.24) is 4.90 Å². The maximum Gasteiger partial charge on any atom is 0.322 e. The molecule has 2 amide bonds. The van der Waals surface area contributed by atoms with Gasteiger partial charge in [0.2, 0.25) is 0 Å². The van der Waals surface area contributed by atoms with Crippen molar-refractivity contribution < 1.29 is 14.6 Å². The summed E-state index contributed by atoms with van der Waals surface area (Å²) in [6, 6.07) is 7.11. The third-order valence-electron chi connectivity index (χ3n) is 3.28. The molecule has 1 aromatic rings. The number of rotatable bonds is 4. The second kappa shape index (κ2) is 6.43. The minimum absolute atomic E-state index is 0.0144. The average molecular weight is 264 g/mol. The number of benzene rings is 1. The standard InChI is InChI=1S/C14H20N2O3/c1-2-19-13-8-4-3-7-12(13)15-14(18)16-9-5-6-11(16)10-17/h3-4,7-8,11,17H,2,5-6,9-10H2,1H3,(H,15,18)/t11-/m1/s1. The summed E-state index contributed by atoms with van der Waals surface area (Å²) < 4.78 is 5.47. The molecule has 1 saturated heterocycles. The Morgan fingerprint density at radius 2 is 2.32 bits per heavy atom. The van der Waals surface area contributed by atoms with Gasteiger partial charge < -0.3 is 20.1 Å². The van der Waals surface area contributed by atoms with E-state index in [9.17, 15) is 9.90 Å². The topological polar surface area (TPSA) is 61.8 Å². The zero-order valence-corrected chi connectivity index (χ0v) is 11.1. The molecular weight excluding hydrogens is 244 g/mol. The van der Waals surface area contributed by atoms with Crippen molar-refractivity contribution in [2.24, 2.45) is 0 Å². The smallest absolute Gasteiger partial charge is 0.322 e. The Labute approximate surface area is 113 Å². The van der Waals surface area contributed by atoms with Crippen molar-refractivity contribution in [3.8, 4) is 5.75 Å². The molecule has 104 valence electrons. The summed E-state index contributed by atoms with van der Waals surface area (Å²) in [6.45, 7) is 3.16. The summed E-state index contributed by atoms with van der Waals surface area (Å²) in [7, 11) is 0. The van der Waals surface area contributed by atoms with Crippen LogP contribution in [0.15, 0.2) is 24.3 Å². The van der Waals surface area contributed by atoms with Gasteiger partial charge in [0.15, 0.2) is 0 Å². The van der Waals surface area contributed by atoms with Crippen LogP contribution >= 0.6 is 0 Å². The quantitative estimate of drug-likeness (QED) is 0.875. The van der Waals surface area contributed by atoms with Gasteiger partial charge in [0.05, 0.1) is 24.9 Å². The number of urea groups is 1. The maximum absolute atomic E-state index is 12.2. The van der Waals surface area contributed by atoms with Gasteiger partial charge in [-0.1, -0.05) is 12.1 Å². The lowest BCUT2D eigenvalue weighted by molar-refractivity contribution is 0.166. The number of amides is 2. The molecule has 1 aliphatic heterocycles. The Morgan fingerprint density at radius 3 is 3.05 bits per heavy atom. The number of carbonyl (C=O) groups excluding carboxylic acids is 1. The molecule has 5 heteroatoms. The highest BCUT2D eigenvalue weighted by Gasteiger charge is 2.28. The molecule has 2 N–H and O–H groups in total. The first-order valence-corrected chi connectivity index (χ1v) is 6.66. The normalized spacial score (nSPS) is 18.4. The van der Waals surface area contributed by atoms with Crippen LogP contribution in [-0.4, -0.2) is 41.8 Å². The minimum atomic E-state index is -0.177. The summed E-state index contributed by atoms with van der Waals surface area (Å²) in [4.78, 5) is 13.9. The predicted octanol–water partition coefficient (Wildman–Crippen LogP) is 2.07. The van der Waals surface area contributed by atoms with Gasteiger partial charge in [-0.2, -0.15) is 0 Å². The Balaban J connectivity index is 2.06. The number of carbonyl (C=O) groups is 1. The van der Waals surface area contributed by atoms with E-state index in [-0.39, 0.29) is 18.7 Å². The third-order valence-corrected chi connectivity index (χ3v) is 3.28. The van der Waals surface area contributed by atoms with Crippen LogP contribution in [-0.2, 0) is 0 Å². The van der Waals surface area contributed by atoms with E-state index in [2.05, 4.69) is 5.32 Å². The number of ether oxygens (including phenoxy) is 1. The number of anilines is 1. The molecule has 19 heavy (non-hydrogen) atoms. The molecule has 1 aliphatic rings. The monoisotopic (exact) mass is 264 g/mol. The molecule has 1 heterocycles. The number of nitrogens with one attached hydrogen (secondary N) is 1. The fourth-order valence-electron chi connectivity index (χ4n) is 2.33. The Bertz CT molecular complexity index is 436. The Morgan fingerprint density at radius 1 is 1.53 bits per heavy atom. The molecule has 5 nitrogen and oxygen atoms in total. The van der Waals surface area contributed by atoms with E-state index in [0.29, 0.717) is 24.6 Å². The summed E-state index contributed by atoms with van der Waals surface area (Å²) in [6.07, 6.45) is 1.79. The van der Waals surface area contributed by atoms with E-state index in [1.165, 1.54) is 0 Å².